The minimum Gasteiger partial charge on any atom is -0.298 e. The van der Waals surface area contributed by atoms with Crippen molar-refractivity contribution in [1.82, 2.24) is 4.90 Å². The Kier molecular flexibility index (Phi) is 4.52. The molecule has 1 aliphatic heterocycles. The Labute approximate surface area is 127 Å². The molecule has 1 heteroatoms. The fraction of sp³-hybridized carbons (Fsp3) is 0.300. The first-order valence-electron chi connectivity index (χ1n) is 7.82. The second-order valence-electron chi connectivity index (χ2n) is 5.98. The summed E-state index contributed by atoms with van der Waals surface area (Å²) in [5.41, 5.74) is 5.67. The van der Waals surface area contributed by atoms with Crippen LogP contribution < -0.4 is 0 Å². The van der Waals surface area contributed by atoms with Crippen LogP contribution in [0.25, 0.3) is 6.08 Å². The van der Waals surface area contributed by atoms with Gasteiger partial charge in [0.25, 0.3) is 0 Å². The zero-order valence-electron chi connectivity index (χ0n) is 12.8. The van der Waals surface area contributed by atoms with Crippen LogP contribution in [0.3, 0.4) is 0 Å². The minimum absolute atomic E-state index is 1.08. The third kappa shape index (κ3) is 4.05. The monoisotopic (exact) mass is 277 g/mol. The summed E-state index contributed by atoms with van der Waals surface area (Å²) in [7, 11) is 0. The lowest BCUT2D eigenvalue weighted by molar-refractivity contribution is 0.249. The maximum Gasteiger partial charge on any atom is 0.0233 e. The Morgan fingerprint density at radius 1 is 0.905 bits per heavy atom. The standard InChI is InChI=1S/C20H23N/c1-17-7-9-18(10-8-17)15-19-11-13-21(14-12-19)16-20-5-3-2-4-6-20/h2-10,15H,11-14,16H2,1H3. The predicted molar refractivity (Wildman–Crippen MR) is 90.1 cm³/mol. The van der Waals surface area contributed by atoms with Gasteiger partial charge in [-0.25, -0.2) is 0 Å². The van der Waals surface area contributed by atoms with E-state index in [2.05, 4.69) is 72.5 Å². The molecule has 108 valence electrons. The van der Waals surface area contributed by atoms with Crippen molar-refractivity contribution in [2.45, 2.75) is 26.3 Å². The lowest BCUT2D eigenvalue weighted by atomic mass is 10.00. The summed E-state index contributed by atoms with van der Waals surface area (Å²) in [5.74, 6) is 0. The number of nitrogens with zero attached hydrogens (tertiary/aromatic N) is 1. The van der Waals surface area contributed by atoms with Gasteiger partial charge in [-0.1, -0.05) is 71.8 Å². The van der Waals surface area contributed by atoms with E-state index in [-0.39, 0.29) is 0 Å². The summed E-state index contributed by atoms with van der Waals surface area (Å²) in [6, 6.07) is 19.6. The number of piperidine rings is 1. The van der Waals surface area contributed by atoms with Gasteiger partial charge in [-0.2, -0.15) is 0 Å². The largest absolute Gasteiger partial charge is 0.298 e. The second-order valence-corrected chi connectivity index (χ2v) is 5.98. The van der Waals surface area contributed by atoms with Crippen LogP contribution in [0.5, 0.6) is 0 Å². The predicted octanol–water partition coefficient (Wildman–Crippen LogP) is 4.67. The molecule has 2 aromatic carbocycles. The van der Waals surface area contributed by atoms with Crippen molar-refractivity contribution in [2.24, 2.45) is 0 Å². The zero-order chi connectivity index (χ0) is 14.5. The molecule has 1 heterocycles. The molecule has 3 rings (SSSR count). The van der Waals surface area contributed by atoms with E-state index in [9.17, 15) is 0 Å². The molecule has 1 saturated heterocycles. The van der Waals surface area contributed by atoms with Gasteiger partial charge in [-0.15, -0.1) is 0 Å². The van der Waals surface area contributed by atoms with E-state index in [0.29, 0.717) is 0 Å². The summed E-state index contributed by atoms with van der Waals surface area (Å²) >= 11 is 0. The van der Waals surface area contributed by atoms with Gasteiger partial charge in [-0.05, 0) is 30.9 Å². The topological polar surface area (TPSA) is 3.24 Å². The van der Waals surface area contributed by atoms with Gasteiger partial charge >= 0.3 is 0 Å². The average molecular weight is 277 g/mol. The second kappa shape index (κ2) is 6.73. The summed E-state index contributed by atoms with van der Waals surface area (Å²) in [6.07, 6.45) is 4.76. The van der Waals surface area contributed by atoms with Gasteiger partial charge in [0, 0.05) is 19.6 Å². The molecule has 1 aliphatic rings. The molecule has 1 fully saturated rings. The first kappa shape index (κ1) is 14.1. The number of likely N-dealkylation sites (tertiary alicyclic amines) is 1. The minimum atomic E-state index is 1.08. The summed E-state index contributed by atoms with van der Waals surface area (Å²) < 4.78 is 0. The maximum absolute atomic E-state index is 2.56. The van der Waals surface area contributed by atoms with Gasteiger partial charge in [0.2, 0.25) is 0 Å². The van der Waals surface area contributed by atoms with Crippen molar-refractivity contribution >= 4 is 6.08 Å². The molecule has 0 radical (unpaired) electrons. The fourth-order valence-electron chi connectivity index (χ4n) is 2.88. The van der Waals surface area contributed by atoms with Crippen LogP contribution in [0, 0.1) is 6.92 Å². The van der Waals surface area contributed by atoms with Crippen LogP contribution in [0.1, 0.15) is 29.5 Å². The van der Waals surface area contributed by atoms with E-state index in [1.54, 1.807) is 5.57 Å². The maximum atomic E-state index is 2.56. The Morgan fingerprint density at radius 3 is 2.24 bits per heavy atom. The highest BCUT2D eigenvalue weighted by Crippen LogP contribution is 2.21. The summed E-state index contributed by atoms with van der Waals surface area (Å²) in [4.78, 5) is 2.56. The van der Waals surface area contributed by atoms with Crippen LogP contribution in [-0.4, -0.2) is 18.0 Å². The van der Waals surface area contributed by atoms with Crippen LogP contribution in [-0.2, 0) is 6.54 Å². The van der Waals surface area contributed by atoms with Crippen LogP contribution in [0.4, 0.5) is 0 Å². The first-order valence-corrected chi connectivity index (χ1v) is 7.82. The quantitative estimate of drug-likeness (QED) is 0.787. The van der Waals surface area contributed by atoms with E-state index >= 15 is 0 Å². The third-order valence-electron chi connectivity index (χ3n) is 4.20. The molecule has 0 spiro atoms. The molecule has 1 nitrogen and oxygen atoms in total. The normalized spacial score (nSPS) is 16.0. The molecule has 0 saturated carbocycles. The van der Waals surface area contributed by atoms with E-state index in [1.807, 2.05) is 0 Å². The number of hydrogen-bond donors (Lipinski definition) is 0. The Hall–Kier alpha value is -1.86. The van der Waals surface area contributed by atoms with Crippen LogP contribution in [0.15, 0.2) is 60.2 Å². The van der Waals surface area contributed by atoms with E-state index in [1.165, 1.54) is 42.6 Å². The Morgan fingerprint density at radius 2 is 1.57 bits per heavy atom. The SMILES string of the molecule is Cc1ccc(C=C2CCN(Cc3ccccc3)CC2)cc1. The van der Waals surface area contributed by atoms with Crippen molar-refractivity contribution in [1.29, 1.82) is 0 Å². The molecule has 0 bridgehead atoms. The number of hydrogen-bond acceptors (Lipinski definition) is 1. The molecule has 21 heavy (non-hydrogen) atoms. The fourth-order valence-corrected chi connectivity index (χ4v) is 2.88. The molecule has 2 aromatic rings. The highest BCUT2D eigenvalue weighted by atomic mass is 15.1. The van der Waals surface area contributed by atoms with Crippen molar-refractivity contribution < 1.29 is 0 Å². The Bertz CT molecular complexity index is 585. The van der Waals surface area contributed by atoms with Gasteiger partial charge in [0.1, 0.15) is 0 Å². The zero-order valence-corrected chi connectivity index (χ0v) is 12.8. The van der Waals surface area contributed by atoms with E-state index in [0.717, 1.165) is 6.54 Å². The van der Waals surface area contributed by atoms with E-state index in [4.69, 9.17) is 0 Å². The summed E-state index contributed by atoms with van der Waals surface area (Å²) in [5, 5.41) is 0. The number of rotatable bonds is 3. The molecule has 0 N–H and O–H groups in total. The first-order chi connectivity index (χ1) is 10.3. The molecular formula is C20H23N. The number of aryl methyl sites for hydroxylation is 1. The van der Waals surface area contributed by atoms with Gasteiger partial charge < -0.3 is 0 Å². The highest BCUT2D eigenvalue weighted by molar-refractivity contribution is 5.53. The molecule has 0 aromatic heterocycles. The molecule has 0 amide bonds. The molecule has 0 atom stereocenters. The van der Waals surface area contributed by atoms with Crippen molar-refractivity contribution in [3.8, 4) is 0 Å². The number of benzene rings is 2. The molecule has 0 aliphatic carbocycles. The lowest BCUT2D eigenvalue weighted by Crippen LogP contribution is -2.30. The Balaban J connectivity index is 1.56. The van der Waals surface area contributed by atoms with Crippen LogP contribution in [0.2, 0.25) is 0 Å². The van der Waals surface area contributed by atoms with Crippen molar-refractivity contribution in [3.05, 3.63) is 76.9 Å². The van der Waals surface area contributed by atoms with Crippen LogP contribution >= 0.6 is 0 Å². The van der Waals surface area contributed by atoms with Gasteiger partial charge in [-0.3, -0.25) is 4.90 Å². The van der Waals surface area contributed by atoms with Crippen molar-refractivity contribution in [3.63, 3.8) is 0 Å². The summed E-state index contributed by atoms with van der Waals surface area (Å²) in [6.45, 7) is 5.57. The third-order valence-corrected chi connectivity index (χ3v) is 4.20. The van der Waals surface area contributed by atoms with E-state index < -0.39 is 0 Å². The highest BCUT2D eigenvalue weighted by Gasteiger charge is 2.13. The van der Waals surface area contributed by atoms with Gasteiger partial charge in [0.15, 0.2) is 0 Å². The average Bonchev–Trinajstić information content (AvgIpc) is 2.53. The van der Waals surface area contributed by atoms with Gasteiger partial charge in [0.05, 0.1) is 0 Å². The smallest absolute Gasteiger partial charge is 0.0233 e. The van der Waals surface area contributed by atoms with Crippen molar-refractivity contribution in [2.75, 3.05) is 13.1 Å². The lowest BCUT2D eigenvalue weighted by Gasteiger charge is -2.28. The molecular weight excluding hydrogens is 254 g/mol. The molecule has 0 unspecified atom stereocenters.